The van der Waals surface area contributed by atoms with E-state index in [9.17, 15) is 15.2 Å². The molecule has 6 nitrogen and oxygen atoms in total. The van der Waals surface area contributed by atoms with E-state index in [0.717, 1.165) is 28.8 Å². The molecule has 4 aromatic rings. The Balaban J connectivity index is 1.73. The number of rotatable bonds is 9. The van der Waals surface area contributed by atoms with Crippen LogP contribution in [0.1, 0.15) is 55.4 Å². The predicted molar refractivity (Wildman–Crippen MR) is 150 cm³/mol. The van der Waals surface area contributed by atoms with E-state index < -0.39 is 5.60 Å². The van der Waals surface area contributed by atoms with Crippen LogP contribution in [0.4, 0.5) is 0 Å². The lowest BCUT2D eigenvalue weighted by atomic mass is 9.95. The Morgan fingerprint density at radius 2 is 1.76 bits per heavy atom. The molecule has 194 valence electrons. The van der Waals surface area contributed by atoms with Crippen LogP contribution in [0.3, 0.4) is 0 Å². The van der Waals surface area contributed by atoms with Gasteiger partial charge in [0.05, 0.1) is 29.6 Å². The van der Waals surface area contributed by atoms with Gasteiger partial charge < -0.3 is 9.84 Å². The van der Waals surface area contributed by atoms with Crippen LogP contribution in [-0.2, 0) is 12.8 Å². The molecule has 0 aliphatic carbocycles. The number of aliphatic hydroxyl groups excluding tert-OH is 1. The minimum absolute atomic E-state index is 0.112. The minimum Gasteiger partial charge on any atom is -0.485 e. The lowest BCUT2D eigenvalue weighted by molar-refractivity contribution is 0.0412. The molecule has 0 atom stereocenters. The second-order valence-corrected chi connectivity index (χ2v) is 10.0. The van der Waals surface area contributed by atoms with Gasteiger partial charge in [0.1, 0.15) is 17.2 Å². The zero-order valence-corrected chi connectivity index (χ0v) is 22.4. The number of nitrogens with zero attached hydrogens (tertiary/aromatic N) is 3. The molecule has 0 saturated carbocycles. The summed E-state index contributed by atoms with van der Waals surface area (Å²) in [5.41, 5.74) is 4.62. The predicted octanol–water partition coefficient (Wildman–Crippen LogP) is 5.77. The first-order valence-electron chi connectivity index (χ1n) is 12.9. The Labute approximate surface area is 223 Å². The van der Waals surface area contributed by atoms with Gasteiger partial charge in [-0.15, -0.1) is 0 Å². The molecule has 1 N–H and O–H groups in total. The molecule has 0 unspecified atom stereocenters. The highest BCUT2D eigenvalue weighted by molar-refractivity contribution is 5.71. The maximum Gasteiger partial charge on any atom is 0.261 e. The smallest absolute Gasteiger partial charge is 0.261 e. The van der Waals surface area contributed by atoms with Crippen LogP contribution >= 0.6 is 0 Å². The quantitative estimate of drug-likeness (QED) is 0.311. The number of aryl methyl sites for hydroxylation is 2. The Hall–Kier alpha value is -4.21. The maximum absolute atomic E-state index is 13.9. The minimum atomic E-state index is -0.705. The van der Waals surface area contributed by atoms with Crippen molar-refractivity contribution >= 4 is 0 Å². The van der Waals surface area contributed by atoms with E-state index in [-0.39, 0.29) is 12.2 Å². The molecule has 0 aliphatic heterocycles. The monoisotopic (exact) mass is 507 g/mol. The van der Waals surface area contributed by atoms with Crippen LogP contribution in [0.25, 0.3) is 16.8 Å². The van der Waals surface area contributed by atoms with Gasteiger partial charge in [0, 0.05) is 12.0 Å². The highest BCUT2D eigenvalue weighted by Gasteiger charge is 2.20. The number of hydrogen-bond acceptors (Lipinski definition) is 5. The molecule has 0 radical (unpaired) electrons. The van der Waals surface area contributed by atoms with E-state index in [1.54, 1.807) is 16.7 Å². The first-order chi connectivity index (χ1) is 18.3. The van der Waals surface area contributed by atoms with E-state index >= 15 is 0 Å². The average molecular weight is 508 g/mol. The normalized spacial score (nSPS) is 11.3. The van der Waals surface area contributed by atoms with Gasteiger partial charge in [-0.25, -0.2) is 4.98 Å². The van der Waals surface area contributed by atoms with Crippen molar-refractivity contribution in [3.05, 3.63) is 111 Å². The van der Waals surface area contributed by atoms with Gasteiger partial charge in [0.15, 0.2) is 0 Å². The van der Waals surface area contributed by atoms with Gasteiger partial charge in [-0.2, -0.15) is 5.26 Å². The molecule has 1 heterocycles. The van der Waals surface area contributed by atoms with Crippen LogP contribution in [0.2, 0.25) is 0 Å². The molecular weight excluding hydrogens is 474 g/mol. The van der Waals surface area contributed by atoms with Crippen molar-refractivity contribution in [3.8, 4) is 28.6 Å². The zero-order valence-electron chi connectivity index (χ0n) is 22.4. The number of ether oxygens (including phenoxy) is 1. The highest BCUT2D eigenvalue weighted by atomic mass is 16.5. The van der Waals surface area contributed by atoms with Gasteiger partial charge in [-0.1, -0.05) is 55.8 Å². The number of nitriles is 1. The standard InChI is InChI=1S/C32H33N3O3/c1-5-9-30-29(19-23-12-17-28(25(18-23)20-33)24-10-7-6-8-11-24)31(37)35(22(2)34-30)26-13-15-27(16-14-26)38-32(3,4)21-36/h6-8,10-18,36H,5,9,19,21H2,1-4H3. The molecule has 0 aliphatic rings. The molecule has 0 saturated heterocycles. The zero-order chi connectivity index (χ0) is 27.3. The molecule has 3 aromatic carbocycles. The number of aromatic nitrogens is 2. The Bertz CT molecular complexity index is 1520. The van der Waals surface area contributed by atoms with E-state index in [1.165, 1.54) is 0 Å². The summed E-state index contributed by atoms with van der Waals surface area (Å²) in [6, 6.07) is 25.2. The SMILES string of the molecule is CCCc1nc(C)n(-c2ccc(OC(C)(C)CO)cc2)c(=O)c1Cc1ccc(-c2ccccc2)c(C#N)c1. The van der Waals surface area contributed by atoms with Crippen molar-refractivity contribution in [1.82, 2.24) is 9.55 Å². The third kappa shape index (κ3) is 5.85. The Morgan fingerprint density at radius 3 is 2.39 bits per heavy atom. The van der Waals surface area contributed by atoms with Gasteiger partial charge in [0.2, 0.25) is 0 Å². The summed E-state index contributed by atoms with van der Waals surface area (Å²) in [6.45, 7) is 7.41. The average Bonchev–Trinajstić information content (AvgIpc) is 2.92. The molecule has 0 spiro atoms. The Kier molecular flexibility index (Phi) is 8.09. The summed E-state index contributed by atoms with van der Waals surface area (Å²) in [6.07, 6.45) is 1.95. The fourth-order valence-electron chi connectivity index (χ4n) is 4.53. The third-order valence-corrected chi connectivity index (χ3v) is 6.46. The molecule has 6 heteroatoms. The van der Waals surface area contributed by atoms with Crippen LogP contribution in [-0.4, -0.2) is 26.9 Å². The van der Waals surface area contributed by atoms with Crippen molar-refractivity contribution < 1.29 is 9.84 Å². The van der Waals surface area contributed by atoms with Gasteiger partial charge in [-0.3, -0.25) is 9.36 Å². The van der Waals surface area contributed by atoms with Crippen LogP contribution < -0.4 is 10.3 Å². The maximum atomic E-state index is 13.9. The van der Waals surface area contributed by atoms with Crippen LogP contribution in [0.5, 0.6) is 5.75 Å². The summed E-state index contributed by atoms with van der Waals surface area (Å²) in [5.74, 6) is 1.22. The molecule has 4 rings (SSSR count). The summed E-state index contributed by atoms with van der Waals surface area (Å²) < 4.78 is 7.46. The topological polar surface area (TPSA) is 88.1 Å². The number of benzene rings is 3. The summed E-state index contributed by atoms with van der Waals surface area (Å²) in [7, 11) is 0. The third-order valence-electron chi connectivity index (χ3n) is 6.46. The molecule has 0 fully saturated rings. The first-order valence-corrected chi connectivity index (χ1v) is 12.9. The van der Waals surface area contributed by atoms with Crippen molar-refractivity contribution in [2.24, 2.45) is 0 Å². The van der Waals surface area contributed by atoms with Crippen molar-refractivity contribution in [2.75, 3.05) is 6.61 Å². The van der Waals surface area contributed by atoms with Crippen LogP contribution in [0.15, 0.2) is 77.6 Å². The van der Waals surface area contributed by atoms with Gasteiger partial charge >= 0.3 is 0 Å². The summed E-state index contributed by atoms with van der Waals surface area (Å²) in [4.78, 5) is 18.7. The summed E-state index contributed by atoms with van der Waals surface area (Å²) in [5, 5.41) is 19.3. The second-order valence-electron chi connectivity index (χ2n) is 10.0. The Morgan fingerprint density at radius 1 is 1.05 bits per heavy atom. The van der Waals surface area contributed by atoms with Crippen LogP contribution in [0, 0.1) is 18.3 Å². The summed E-state index contributed by atoms with van der Waals surface area (Å²) >= 11 is 0. The van der Waals surface area contributed by atoms with Crippen molar-refractivity contribution in [2.45, 2.75) is 52.6 Å². The molecular formula is C32H33N3O3. The first kappa shape index (κ1) is 26.8. The molecule has 0 bridgehead atoms. The second kappa shape index (κ2) is 11.5. The van der Waals surface area contributed by atoms with Gasteiger partial charge in [-0.05, 0) is 74.2 Å². The fraction of sp³-hybridized carbons (Fsp3) is 0.281. The number of hydrogen-bond donors (Lipinski definition) is 1. The van der Waals surface area contributed by atoms with Crippen molar-refractivity contribution in [3.63, 3.8) is 0 Å². The molecule has 1 aromatic heterocycles. The molecule has 0 amide bonds. The highest BCUT2D eigenvalue weighted by Crippen LogP contribution is 2.26. The lowest BCUT2D eigenvalue weighted by Gasteiger charge is -2.24. The van der Waals surface area contributed by atoms with E-state index in [0.29, 0.717) is 41.2 Å². The van der Waals surface area contributed by atoms with E-state index in [2.05, 4.69) is 13.0 Å². The van der Waals surface area contributed by atoms with E-state index in [1.807, 2.05) is 81.4 Å². The fourth-order valence-corrected chi connectivity index (χ4v) is 4.53. The lowest BCUT2D eigenvalue weighted by Crippen LogP contribution is -2.32. The van der Waals surface area contributed by atoms with Gasteiger partial charge in [0.25, 0.3) is 5.56 Å². The van der Waals surface area contributed by atoms with Crippen molar-refractivity contribution in [1.29, 1.82) is 5.26 Å². The molecule has 38 heavy (non-hydrogen) atoms. The number of aliphatic hydroxyl groups is 1. The van der Waals surface area contributed by atoms with E-state index in [4.69, 9.17) is 9.72 Å². The largest absolute Gasteiger partial charge is 0.485 e.